The molecule has 0 aliphatic rings. The van der Waals surface area contributed by atoms with Crippen molar-refractivity contribution in [3.8, 4) is 0 Å². The molecule has 182 valence electrons. The molecule has 1 heterocycles. The molecule has 0 saturated heterocycles. The maximum atomic E-state index is 7.29. The lowest BCUT2D eigenvalue weighted by Gasteiger charge is -2.02. The lowest BCUT2D eigenvalue weighted by Crippen LogP contribution is -2.10. The molecule has 0 amide bonds. The Morgan fingerprint density at radius 1 is 0.889 bits per heavy atom. The Morgan fingerprint density at radius 3 is 2.14 bits per heavy atom. The Hall–Kier alpha value is -5.25. The van der Waals surface area contributed by atoms with Crippen LogP contribution in [0.5, 0.6) is 0 Å². The number of allylic oxidation sites excluding steroid dienone is 11. The molecule has 0 bridgehead atoms. The molecule has 0 unspecified atom stereocenters. The second-order valence-electron chi connectivity index (χ2n) is 6.28. The van der Waals surface area contributed by atoms with Gasteiger partial charge in [-0.2, -0.15) is 25.3 Å². The average Bonchev–Trinajstić information content (AvgIpc) is 2.92. The molecule has 0 aliphatic heterocycles. The minimum absolute atomic E-state index is 0.133. The lowest BCUT2D eigenvalue weighted by molar-refractivity contribution is 0.921. The fourth-order valence-electron chi connectivity index (χ4n) is 2.09. The molecule has 0 fully saturated rings. The van der Waals surface area contributed by atoms with Crippen molar-refractivity contribution in [2.75, 3.05) is 0 Å². The smallest absolute Gasteiger partial charge is 0.252 e. The van der Waals surface area contributed by atoms with Crippen molar-refractivity contribution in [3.05, 3.63) is 124 Å². The topological polar surface area (TPSA) is 136 Å². The first-order valence-electron chi connectivity index (χ1n) is 10.5. The van der Waals surface area contributed by atoms with Gasteiger partial charge >= 0.3 is 0 Å². The second kappa shape index (κ2) is 17.3. The maximum Gasteiger partial charge on any atom is 0.252 e. The van der Waals surface area contributed by atoms with E-state index < -0.39 is 0 Å². The number of nitrogens with zero attached hydrogens (tertiary/aromatic N) is 8. The van der Waals surface area contributed by atoms with Crippen LogP contribution in [0, 0.1) is 5.53 Å². The molecule has 1 aromatic rings. The Morgan fingerprint density at radius 2 is 1.58 bits per heavy atom. The summed E-state index contributed by atoms with van der Waals surface area (Å²) in [6.45, 7) is 20.6. The monoisotopic (exact) mass is 480 g/mol. The van der Waals surface area contributed by atoms with Crippen molar-refractivity contribution in [3.63, 3.8) is 0 Å². The molecule has 0 aromatic carbocycles. The summed E-state index contributed by atoms with van der Waals surface area (Å²) in [5.74, 6) is 0.133. The first kappa shape index (κ1) is 28.8. The van der Waals surface area contributed by atoms with Gasteiger partial charge in [-0.25, -0.2) is 15.5 Å². The van der Waals surface area contributed by atoms with E-state index in [9.17, 15) is 0 Å². The number of aromatic nitrogens is 3. The van der Waals surface area contributed by atoms with Crippen LogP contribution in [0.25, 0.3) is 0 Å². The molecule has 0 radical (unpaired) electrons. The predicted octanol–water partition coefficient (Wildman–Crippen LogP) is 5.55. The fourth-order valence-corrected chi connectivity index (χ4v) is 2.09. The van der Waals surface area contributed by atoms with Gasteiger partial charge in [0, 0.05) is 0 Å². The average molecular weight is 481 g/mol. The molecule has 2 N–H and O–H groups in total. The molecule has 10 nitrogen and oxygen atoms in total. The van der Waals surface area contributed by atoms with E-state index in [-0.39, 0.29) is 23.1 Å². The van der Waals surface area contributed by atoms with E-state index in [2.05, 4.69) is 78.7 Å². The van der Waals surface area contributed by atoms with Crippen LogP contribution in [-0.2, 0) is 0 Å². The van der Waals surface area contributed by atoms with Gasteiger partial charge < -0.3 is 0 Å². The standard InChI is InChI=1S/C26H28N10/c1-7-13-14-20(8-2)33-34-21(9-3)15-16-22(10-4)35-36-24(12-6)25(17-23(11-5)32-27)31-26-29-18-28-19-30-26/h7-19,27,33H,2-6H2,1H3/b13-7-,16-15?,20-14+,23-17+,31-25?,32-27?,34-21?,35-22?,36-24?. The summed E-state index contributed by atoms with van der Waals surface area (Å²) < 4.78 is 0. The number of nitrogens with one attached hydrogen (secondary N) is 2. The van der Waals surface area contributed by atoms with Crippen molar-refractivity contribution >= 4 is 28.8 Å². The van der Waals surface area contributed by atoms with Crippen molar-refractivity contribution in [1.82, 2.24) is 20.4 Å². The number of hydrogen-bond donors (Lipinski definition) is 2. The Bertz CT molecular complexity index is 1200. The zero-order valence-electron chi connectivity index (χ0n) is 20.1. The first-order valence-corrected chi connectivity index (χ1v) is 10.5. The third-order valence-corrected chi connectivity index (χ3v) is 3.90. The highest BCUT2D eigenvalue weighted by Gasteiger charge is 2.07. The summed E-state index contributed by atoms with van der Waals surface area (Å²) in [5, 5.41) is 16.1. The number of hydrogen-bond acceptors (Lipinski definition) is 10. The highest BCUT2D eigenvalue weighted by molar-refractivity contribution is 6.50. The minimum Gasteiger partial charge on any atom is -0.278 e. The Balaban J connectivity index is 3.35. The molecule has 10 heteroatoms. The normalized spacial score (nSPS) is 14.0. The van der Waals surface area contributed by atoms with Crippen LogP contribution in [0.4, 0.5) is 5.95 Å². The predicted molar refractivity (Wildman–Crippen MR) is 149 cm³/mol. The third kappa shape index (κ3) is 10.6. The summed E-state index contributed by atoms with van der Waals surface area (Å²) in [6, 6.07) is 0. The van der Waals surface area contributed by atoms with Gasteiger partial charge in [-0.15, -0.1) is 5.10 Å². The molecule has 1 aromatic heterocycles. The van der Waals surface area contributed by atoms with E-state index in [1.54, 1.807) is 24.3 Å². The molecule has 0 atom stereocenters. The highest BCUT2D eigenvalue weighted by Crippen LogP contribution is 2.07. The molecule has 0 aliphatic carbocycles. The summed E-state index contributed by atoms with van der Waals surface area (Å²) in [6.07, 6.45) is 20.6. The summed E-state index contributed by atoms with van der Waals surface area (Å²) >= 11 is 0. The van der Waals surface area contributed by atoms with Crippen LogP contribution in [0.2, 0.25) is 0 Å². The van der Waals surface area contributed by atoms with Crippen LogP contribution >= 0.6 is 0 Å². The van der Waals surface area contributed by atoms with Crippen LogP contribution in [-0.4, -0.2) is 37.8 Å². The van der Waals surface area contributed by atoms with Gasteiger partial charge in [-0.3, -0.25) is 5.43 Å². The molecule has 36 heavy (non-hydrogen) atoms. The zero-order valence-corrected chi connectivity index (χ0v) is 20.1. The molecular weight excluding hydrogens is 452 g/mol. The molecule has 0 saturated carbocycles. The number of hydrazone groups is 1. The molecular formula is C26H28N10. The Kier molecular flexibility index (Phi) is 13.8. The van der Waals surface area contributed by atoms with Gasteiger partial charge in [-0.05, 0) is 61.6 Å². The van der Waals surface area contributed by atoms with Gasteiger partial charge in [0.2, 0.25) is 0 Å². The maximum absolute atomic E-state index is 7.29. The van der Waals surface area contributed by atoms with Gasteiger partial charge in [0.25, 0.3) is 5.95 Å². The van der Waals surface area contributed by atoms with E-state index in [0.29, 0.717) is 11.4 Å². The number of rotatable bonds is 15. The second-order valence-corrected chi connectivity index (χ2v) is 6.28. The first-order chi connectivity index (χ1) is 17.5. The summed E-state index contributed by atoms with van der Waals surface area (Å²) in [7, 11) is 0. The van der Waals surface area contributed by atoms with Gasteiger partial charge in [-0.1, -0.05) is 45.0 Å². The van der Waals surface area contributed by atoms with Gasteiger partial charge in [0.05, 0.1) is 28.5 Å². The molecule has 1 rings (SSSR count). The van der Waals surface area contributed by atoms with E-state index >= 15 is 0 Å². The largest absolute Gasteiger partial charge is 0.278 e. The van der Waals surface area contributed by atoms with Crippen molar-refractivity contribution in [1.29, 1.82) is 5.53 Å². The van der Waals surface area contributed by atoms with Crippen LogP contribution in [0.1, 0.15) is 6.92 Å². The van der Waals surface area contributed by atoms with E-state index in [0.717, 1.165) is 5.70 Å². The van der Waals surface area contributed by atoms with Crippen molar-refractivity contribution < 1.29 is 0 Å². The highest BCUT2D eigenvalue weighted by atomic mass is 15.3. The van der Waals surface area contributed by atoms with E-state index in [1.165, 1.54) is 37.0 Å². The van der Waals surface area contributed by atoms with Crippen LogP contribution in [0.3, 0.4) is 0 Å². The van der Waals surface area contributed by atoms with Gasteiger partial charge in [0.1, 0.15) is 18.4 Å². The fraction of sp³-hybridized carbons (Fsp3) is 0.0385. The molecule has 0 spiro atoms. The van der Waals surface area contributed by atoms with Crippen LogP contribution < -0.4 is 5.43 Å². The Labute approximate surface area is 211 Å². The zero-order chi connectivity index (χ0) is 26.6. The quantitative estimate of drug-likeness (QED) is 0.147. The minimum atomic E-state index is 0.133. The third-order valence-electron chi connectivity index (χ3n) is 3.90. The van der Waals surface area contributed by atoms with Crippen molar-refractivity contribution in [2.24, 2.45) is 25.4 Å². The lowest BCUT2D eigenvalue weighted by atomic mass is 10.2. The SMILES string of the molecule is C=CC(C=CC(C=C)=NN/C(C=C)=C/C=C\C)=NN=C(C=C)C(/C=C(\C=C)N=N)=Nc1ncncn1. The van der Waals surface area contributed by atoms with Crippen molar-refractivity contribution in [2.45, 2.75) is 6.92 Å². The number of aliphatic imine (C=N–C) groups is 1. The van der Waals surface area contributed by atoms with E-state index in [1.807, 2.05) is 25.2 Å². The van der Waals surface area contributed by atoms with E-state index in [4.69, 9.17) is 5.53 Å². The summed E-state index contributed by atoms with van der Waals surface area (Å²) in [4.78, 5) is 16.1. The van der Waals surface area contributed by atoms with Crippen LogP contribution in [0.15, 0.2) is 149 Å². The summed E-state index contributed by atoms with van der Waals surface area (Å²) in [5.41, 5.74) is 12.7. The van der Waals surface area contributed by atoms with Gasteiger partial charge in [0.15, 0.2) is 0 Å².